The summed E-state index contributed by atoms with van der Waals surface area (Å²) in [6.07, 6.45) is -1.10. The minimum atomic E-state index is -1.10. The van der Waals surface area contributed by atoms with Crippen LogP contribution in [-0.2, 0) is 4.79 Å². The number of halogens is 1. The largest absolute Gasteiger partial charge is 0.347 e. The van der Waals surface area contributed by atoms with Gasteiger partial charge in [0, 0.05) is 6.92 Å². The van der Waals surface area contributed by atoms with Gasteiger partial charge in [-0.25, -0.2) is 4.39 Å². The molecule has 0 spiro atoms. The van der Waals surface area contributed by atoms with Crippen molar-refractivity contribution in [1.29, 1.82) is 0 Å². The molecule has 1 rings (SSSR count). The summed E-state index contributed by atoms with van der Waals surface area (Å²) in [6, 6.07) is 8.57. The Morgan fingerprint density at radius 2 is 1.93 bits per heavy atom. The number of nitrogens with one attached hydrogen (secondary N) is 1. The molecule has 0 aliphatic rings. The van der Waals surface area contributed by atoms with Gasteiger partial charge in [-0.2, -0.15) is 0 Å². The highest BCUT2D eigenvalue weighted by molar-refractivity contribution is 5.73. The van der Waals surface area contributed by atoms with E-state index >= 15 is 0 Å². The molecule has 0 aromatic heterocycles. The normalized spacial score (nSPS) is 14.5. The molecule has 1 amide bonds. The molecule has 0 radical (unpaired) electrons. The Kier molecular flexibility index (Phi) is 3.63. The zero-order valence-electron chi connectivity index (χ0n) is 8.33. The molecule has 1 aromatic rings. The fourth-order valence-corrected chi connectivity index (χ4v) is 1.34. The lowest BCUT2D eigenvalue weighted by atomic mass is 10.0. The second-order valence-electron chi connectivity index (χ2n) is 3.27. The van der Waals surface area contributed by atoms with E-state index in [1.807, 2.05) is 18.2 Å². The molecule has 0 fully saturated rings. The van der Waals surface area contributed by atoms with E-state index in [1.165, 1.54) is 13.8 Å². The number of amides is 1. The van der Waals surface area contributed by atoms with Gasteiger partial charge in [0.1, 0.15) is 6.17 Å². The summed E-state index contributed by atoms with van der Waals surface area (Å²) in [5.41, 5.74) is 0.790. The lowest BCUT2D eigenvalue weighted by Gasteiger charge is -2.19. The third kappa shape index (κ3) is 2.83. The van der Waals surface area contributed by atoms with Crippen molar-refractivity contribution >= 4 is 5.91 Å². The van der Waals surface area contributed by atoms with E-state index in [0.717, 1.165) is 5.56 Å². The fourth-order valence-electron chi connectivity index (χ4n) is 1.34. The number of rotatable bonds is 3. The second kappa shape index (κ2) is 4.74. The summed E-state index contributed by atoms with van der Waals surface area (Å²) < 4.78 is 13.2. The van der Waals surface area contributed by atoms with Crippen LogP contribution in [0.5, 0.6) is 0 Å². The number of hydrogen-bond acceptors (Lipinski definition) is 1. The predicted molar refractivity (Wildman–Crippen MR) is 53.6 cm³/mol. The lowest BCUT2D eigenvalue weighted by molar-refractivity contribution is -0.120. The molecule has 1 N–H and O–H groups in total. The number of benzene rings is 1. The molecular formula is C11H14FNO. The van der Waals surface area contributed by atoms with Crippen LogP contribution in [0, 0.1) is 0 Å². The van der Waals surface area contributed by atoms with Crippen LogP contribution >= 0.6 is 0 Å². The van der Waals surface area contributed by atoms with Crippen molar-refractivity contribution in [3.63, 3.8) is 0 Å². The van der Waals surface area contributed by atoms with Crippen molar-refractivity contribution in [3.05, 3.63) is 35.9 Å². The molecule has 0 bridgehead atoms. The zero-order chi connectivity index (χ0) is 10.6. The Hall–Kier alpha value is -1.38. The topological polar surface area (TPSA) is 29.1 Å². The zero-order valence-corrected chi connectivity index (χ0v) is 8.33. The first-order chi connectivity index (χ1) is 6.61. The Balaban J connectivity index is 2.83. The van der Waals surface area contributed by atoms with Crippen molar-refractivity contribution in [2.45, 2.75) is 26.1 Å². The van der Waals surface area contributed by atoms with Crippen molar-refractivity contribution in [2.75, 3.05) is 0 Å². The van der Waals surface area contributed by atoms with Crippen LogP contribution in [0.3, 0.4) is 0 Å². The Bertz CT molecular complexity index is 297. The standard InChI is InChI=1S/C11H14FNO/c1-8(12)11(13-9(2)14)10-6-4-3-5-7-10/h3-8,11H,1-2H3,(H,13,14)/t8-,11-/m0/s1. The van der Waals surface area contributed by atoms with Gasteiger partial charge in [-0.15, -0.1) is 0 Å². The molecule has 0 heterocycles. The smallest absolute Gasteiger partial charge is 0.217 e. The highest BCUT2D eigenvalue weighted by atomic mass is 19.1. The van der Waals surface area contributed by atoms with Crippen LogP contribution in [0.4, 0.5) is 4.39 Å². The van der Waals surface area contributed by atoms with Gasteiger partial charge in [0.25, 0.3) is 0 Å². The Labute approximate surface area is 83.1 Å². The van der Waals surface area contributed by atoms with E-state index in [9.17, 15) is 9.18 Å². The summed E-state index contributed by atoms with van der Waals surface area (Å²) in [6.45, 7) is 2.83. The second-order valence-corrected chi connectivity index (χ2v) is 3.27. The maximum absolute atomic E-state index is 13.2. The van der Waals surface area contributed by atoms with Crippen LogP contribution in [-0.4, -0.2) is 12.1 Å². The average molecular weight is 195 g/mol. The molecule has 0 saturated carbocycles. The molecule has 0 saturated heterocycles. The summed E-state index contributed by atoms with van der Waals surface area (Å²) in [5, 5.41) is 2.58. The Morgan fingerprint density at radius 1 is 1.36 bits per heavy atom. The van der Waals surface area contributed by atoms with Crippen LogP contribution < -0.4 is 5.32 Å². The highest BCUT2D eigenvalue weighted by Gasteiger charge is 2.18. The summed E-state index contributed by atoms with van der Waals surface area (Å²) >= 11 is 0. The summed E-state index contributed by atoms with van der Waals surface area (Å²) in [7, 11) is 0. The minimum absolute atomic E-state index is 0.219. The number of carbonyl (C=O) groups is 1. The first-order valence-corrected chi connectivity index (χ1v) is 4.57. The van der Waals surface area contributed by atoms with Gasteiger partial charge in [0.05, 0.1) is 6.04 Å². The Morgan fingerprint density at radius 3 is 2.36 bits per heavy atom. The van der Waals surface area contributed by atoms with E-state index in [-0.39, 0.29) is 5.91 Å². The quantitative estimate of drug-likeness (QED) is 0.787. The molecular weight excluding hydrogens is 181 g/mol. The van der Waals surface area contributed by atoms with Gasteiger partial charge in [-0.1, -0.05) is 30.3 Å². The van der Waals surface area contributed by atoms with Gasteiger partial charge < -0.3 is 5.32 Å². The van der Waals surface area contributed by atoms with Crippen molar-refractivity contribution in [3.8, 4) is 0 Å². The predicted octanol–water partition coefficient (Wildman–Crippen LogP) is 2.22. The van der Waals surface area contributed by atoms with E-state index < -0.39 is 12.2 Å². The molecule has 14 heavy (non-hydrogen) atoms. The fraction of sp³-hybridized carbons (Fsp3) is 0.364. The van der Waals surface area contributed by atoms with Gasteiger partial charge in [-0.05, 0) is 12.5 Å². The van der Waals surface area contributed by atoms with E-state index in [1.54, 1.807) is 12.1 Å². The lowest BCUT2D eigenvalue weighted by Crippen LogP contribution is -2.31. The maximum atomic E-state index is 13.2. The van der Waals surface area contributed by atoms with Crippen molar-refractivity contribution in [2.24, 2.45) is 0 Å². The molecule has 1 aromatic carbocycles. The van der Waals surface area contributed by atoms with Gasteiger partial charge in [0.15, 0.2) is 0 Å². The first kappa shape index (κ1) is 10.7. The maximum Gasteiger partial charge on any atom is 0.217 e. The molecule has 2 atom stereocenters. The van der Waals surface area contributed by atoms with Crippen LogP contribution in [0.25, 0.3) is 0 Å². The summed E-state index contributed by atoms with van der Waals surface area (Å²) in [5.74, 6) is -0.219. The number of alkyl halides is 1. The molecule has 0 aliphatic carbocycles. The first-order valence-electron chi connectivity index (χ1n) is 4.57. The van der Waals surface area contributed by atoms with Gasteiger partial charge >= 0.3 is 0 Å². The van der Waals surface area contributed by atoms with Crippen LogP contribution in [0.2, 0.25) is 0 Å². The third-order valence-electron chi connectivity index (χ3n) is 1.98. The third-order valence-corrected chi connectivity index (χ3v) is 1.98. The molecule has 2 nitrogen and oxygen atoms in total. The van der Waals surface area contributed by atoms with Crippen molar-refractivity contribution in [1.82, 2.24) is 5.32 Å². The van der Waals surface area contributed by atoms with Crippen LogP contribution in [0.15, 0.2) is 30.3 Å². The van der Waals surface area contributed by atoms with E-state index in [4.69, 9.17) is 0 Å². The van der Waals surface area contributed by atoms with E-state index in [2.05, 4.69) is 5.32 Å². The molecule has 76 valence electrons. The van der Waals surface area contributed by atoms with Crippen molar-refractivity contribution < 1.29 is 9.18 Å². The molecule has 0 aliphatic heterocycles. The van der Waals surface area contributed by atoms with E-state index in [0.29, 0.717) is 0 Å². The number of hydrogen-bond donors (Lipinski definition) is 1. The SMILES string of the molecule is CC(=O)N[C@H](c1ccccc1)[C@H](C)F. The number of carbonyl (C=O) groups excluding carboxylic acids is 1. The molecule has 0 unspecified atom stereocenters. The molecule has 3 heteroatoms. The van der Waals surface area contributed by atoms with Crippen LogP contribution in [0.1, 0.15) is 25.5 Å². The summed E-state index contributed by atoms with van der Waals surface area (Å²) in [4.78, 5) is 10.9. The monoisotopic (exact) mass is 195 g/mol. The van der Waals surface area contributed by atoms with Gasteiger partial charge in [0.2, 0.25) is 5.91 Å². The average Bonchev–Trinajstić information content (AvgIpc) is 2.15. The minimum Gasteiger partial charge on any atom is -0.347 e. The van der Waals surface area contributed by atoms with Gasteiger partial charge in [-0.3, -0.25) is 4.79 Å². The highest BCUT2D eigenvalue weighted by Crippen LogP contribution is 2.18.